The van der Waals surface area contributed by atoms with E-state index in [4.69, 9.17) is 4.74 Å². The Morgan fingerprint density at radius 2 is 1.76 bits per heavy atom. The van der Waals surface area contributed by atoms with Crippen LogP contribution in [0, 0.1) is 0 Å². The molecule has 5 heteroatoms. The number of morpholine rings is 1. The summed E-state index contributed by atoms with van der Waals surface area (Å²) in [5, 5.41) is 3.03. The largest absolute Gasteiger partial charge is 0.378 e. The van der Waals surface area contributed by atoms with Crippen LogP contribution in [0.2, 0.25) is 0 Å². The zero-order valence-corrected chi connectivity index (χ0v) is 14.9. The van der Waals surface area contributed by atoms with Crippen LogP contribution in [0.3, 0.4) is 0 Å². The van der Waals surface area contributed by atoms with Crippen molar-refractivity contribution < 1.29 is 9.53 Å². The van der Waals surface area contributed by atoms with Gasteiger partial charge >= 0.3 is 0 Å². The average Bonchev–Trinajstić information content (AvgIpc) is 2.67. The summed E-state index contributed by atoms with van der Waals surface area (Å²) in [6.07, 6.45) is 0. The van der Waals surface area contributed by atoms with E-state index in [0.717, 1.165) is 37.6 Å². The highest BCUT2D eigenvalue weighted by atomic mass is 16.5. The first-order valence-corrected chi connectivity index (χ1v) is 8.61. The molecule has 0 saturated carbocycles. The molecule has 0 radical (unpaired) electrons. The number of benzene rings is 2. The van der Waals surface area contributed by atoms with Gasteiger partial charge in [-0.05, 0) is 35.9 Å². The van der Waals surface area contributed by atoms with Gasteiger partial charge < -0.3 is 19.9 Å². The van der Waals surface area contributed by atoms with Crippen molar-refractivity contribution in [2.45, 2.75) is 6.54 Å². The molecule has 2 aromatic rings. The minimum Gasteiger partial charge on any atom is -0.378 e. The molecule has 0 atom stereocenters. The molecule has 1 heterocycles. The number of carbonyl (C=O) groups is 1. The minimum absolute atomic E-state index is 0.0536. The maximum absolute atomic E-state index is 12.4. The van der Waals surface area contributed by atoms with Gasteiger partial charge in [0, 0.05) is 50.7 Å². The standard InChI is InChI=1S/C20H25N3O2/c1-22(2)18-9-7-16(8-10-18)20(24)21-15-17-5-3-4-6-19(17)23-11-13-25-14-12-23/h3-10H,11-15H2,1-2H3,(H,21,24). The fourth-order valence-corrected chi connectivity index (χ4v) is 2.96. The number of hydrogen-bond acceptors (Lipinski definition) is 4. The summed E-state index contributed by atoms with van der Waals surface area (Å²) >= 11 is 0. The maximum atomic E-state index is 12.4. The van der Waals surface area contributed by atoms with Crippen LogP contribution < -0.4 is 15.1 Å². The average molecular weight is 339 g/mol. The molecule has 132 valence electrons. The fourth-order valence-electron chi connectivity index (χ4n) is 2.96. The summed E-state index contributed by atoms with van der Waals surface area (Å²) in [5.74, 6) is -0.0536. The minimum atomic E-state index is -0.0536. The van der Waals surface area contributed by atoms with Crippen LogP contribution in [0.4, 0.5) is 11.4 Å². The number of nitrogens with one attached hydrogen (secondary N) is 1. The van der Waals surface area contributed by atoms with Crippen LogP contribution in [0.5, 0.6) is 0 Å². The Labute approximate surface area is 149 Å². The molecule has 0 bridgehead atoms. The van der Waals surface area contributed by atoms with Crippen LogP contribution in [0.25, 0.3) is 0 Å². The third-order valence-electron chi connectivity index (χ3n) is 4.43. The lowest BCUT2D eigenvalue weighted by Crippen LogP contribution is -2.37. The predicted octanol–water partition coefficient (Wildman–Crippen LogP) is 2.52. The normalized spacial score (nSPS) is 14.2. The third kappa shape index (κ3) is 4.31. The summed E-state index contributed by atoms with van der Waals surface area (Å²) in [4.78, 5) is 16.8. The lowest BCUT2D eigenvalue weighted by molar-refractivity contribution is 0.0950. The third-order valence-corrected chi connectivity index (χ3v) is 4.43. The summed E-state index contributed by atoms with van der Waals surface area (Å²) in [7, 11) is 3.97. The van der Waals surface area contributed by atoms with Crippen molar-refractivity contribution in [3.05, 3.63) is 59.7 Å². The molecule has 25 heavy (non-hydrogen) atoms. The van der Waals surface area contributed by atoms with E-state index in [-0.39, 0.29) is 5.91 Å². The van der Waals surface area contributed by atoms with Crippen molar-refractivity contribution in [2.24, 2.45) is 0 Å². The number of anilines is 2. The lowest BCUT2D eigenvalue weighted by atomic mass is 10.1. The second kappa shape index (κ2) is 8.03. The quantitative estimate of drug-likeness (QED) is 0.909. The molecule has 1 aliphatic rings. The second-order valence-electron chi connectivity index (χ2n) is 6.35. The van der Waals surface area contributed by atoms with Gasteiger partial charge in [-0.25, -0.2) is 0 Å². The van der Waals surface area contributed by atoms with Crippen LogP contribution in [0.1, 0.15) is 15.9 Å². The Morgan fingerprint density at radius 1 is 1.08 bits per heavy atom. The van der Waals surface area contributed by atoms with Gasteiger partial charge in [-0.2, -0.15) is 0 Å². The molecule has 0 unspecified atom stereocenters. The summed E-state index contributed by atoms with van der Waals surface area (Å²) in [6.45, 7) is 3.79. The molecule has 2 aromatic carbocycles. The predicted molar refractivity (Wildman–Crippen MR) is 101 cm³/mol. The Bertz CT molecular complexity index is 707. The van der Waals surface area contributed by atoms with E-state index in [0.29, 0.717) is 12.1 Å². The SMILES string of the molecule is CN(C)c1ccc(C(=O)NCc2ccccc2N2CCOCC2)cc1. The first kappa shape index (κ1) is 17.3. The maximum Gasteiger partial charge on any atom is 0.251 e. The molecule has 1 N–H and O–H groups in total. The van der Waals surface area contributed by atoms with Gasteiger partial charge in [-0.15, -0.1) is 0 Å². The Kier molecular flexibility index (Phi) is 5.56. The van der Waals surface area contributed by atoms with Crippen molar-refractivity contribution in [3.63, 3.8) is 0 Å². The molecule has 1 aliphatic heterocycles. The van der Waals surface area contributed by atoms with Gasteiger partial charge in [0.1, 0.15) is 0 Å². The van der Waals surface area contributed by atoms with Crippen molar-refractivity contribution in [1.29, 1.82) is 0 Å². The highest BCUT2D eigenvalue weighted by Gasteiger charge is 2.15. The first-order chi connectivity index (χ1) is 12.1. The Hall–Kier alpha value is -2.53. The number of hydrogen-bond donors (Lipinski definition) is 1. The van der Waals surface area contributed by atoms with E-state index in [1.807, 2.05) is 55.4 Å². The molecule has 3 rings (SSSR count). The van der Waals surface area contributed by atoms with E-state index in [9.17, 15) is 4.79 Å². The van der Waals surface area contributed by atoms with Crippen LogP contribution in [0.15, 0.2) is 48.5 Å². The molecule has 5 nitrogen and oxygen atoms in total. The molecular formula is C20H25N3O2. The van der Waals surface area contributed by atoms with E-state index < -0.39 is 0 Å². The van der Waals surface area contributed by atoms with Crippen molar-refractivity contribution in [2.75, 3.05) is 50.2 Å². The number of ether oxygens (including phenoxy) is 1. The van der Waals surface area contributed by atoms with E-state index >= 15 is 0 Å². The van der Waals surface area contributed by atoms with E-state index in [1.165, 1.54) is 5.69 Å². The van der Waals surface area contributed by atoms with Crippen molar-refractivity contribution in [3.8, 4) is 0 Å². The Balaban J connectivity index is 1.66. The van der Waals surface area contributed by atoms with Crippen LogP contribution in [-0.2, 0) is 11.3 Å². The van der Waals surface area contributed by atoms with Crippen LogP contribution >= 0.6 is 0 Å². The van der Waals surface area contributed by atoms with Gasteiger partial charge in [0.15, 0.2) is 0 Å². The lowest BCUT2D eigenvalue weighted by Gasteiger charge is -2.30. The van der Waals surface area contributed by atoms with Gasteiger partial charge in [0.25, 0.3) is 5.91 Å². The number of carbonyl (C=O) groups excluding carboxylic acids is 1. The molecule has 0 aliphatic carbocycles. The molecule has 1 fully saturated rings. The zero-order chi connectivity index (χ0) is 17.6. The fraction of sp³-hybridized carbons (Fsp3) is 0.350. The van der Waals surface area contributed by atoms with Crippen molar-refractivity contribution >= 4 is 17.3 Å². The Morgan fingerprint density at radius 3 is 2.44 bits per heavy atom. The molecule has 1 saturated heterocycles. The highest BCUT2D eigenvalue weighted by Crippen LogP contribution is 2.21. The zero-order valence-electron chi connectivity index (χ0n) is 14.9. The topological polar surface area (TPSA) is 44.8 Å². The molecule has 1 amide bonds. The van der Waals surface area contributed by atoms with Crippen LogP contribution in [-0.4, -0.2) is 46.3 Å². The number of nitrogens with zero attached hydrogens (tertiary/aromatic N) is 2. The summed E-state index contributed by atoms with van der Waals surface area (Å²) in [5.41, 5.74) is 4.06. The van der Waals surface area contributed by atoms with Gasteiger partial charge in [0.05, 0.1) is 13.2 Å². The smallest absolute Gasteiger partial charge is 0.251 e. The summed E-state index contributed by atoms with van der Waals surface area (Å²) < 4.78 is 5.43. The van der Waals surface area contributed by atoms with Gasteiger partial charge in [0.2, 0.25) is 0 Å². The highest BCUT2D eigenvalue weighted by molar-refractivity contribution is 5.94. The van der Waals surface area contributed by atoms with Gasteiger partial charge in [-0.3, -0.25) is 4.79 Å². The molecule has 0 aromatic heterocycles. The van der Waals surface area contributed by atoms with E-state index in [1.54, 1.807) is 0 Å². The van der Waals surface area contributed by atoms with E-state index in [2.05, 4.69) is 22.3 Å². The van der Waals surface area contributed by atoms with Crippen molar-refractivity contribution in [1.82, 2.24) is 5.32 Å². The molecular weight excluding hydrogens is 314 g/mol. The van der Waals surface area contributed by atoms with Gasteiger partial charge in [-0.1, -0.05) is 18.2 Å². The number of rotatable bonds is 5. The first-order valence-electron chi connectivity index (χ1n) is 8.61. The second-order valence-corrected chi connectivity index (χ2v) is 6.35. The molecule has 0 spiro atoms. The number of para-hydroxylation sites is 1. The summed E-state index contributed by atoms with van der Waals surface area (Å²) in [6, 6.07) is 15.9. The number of amides is 1. The monoisotopic (exact) mass is 339 g/mol.